The number of carbonyl (C=O) groups excluding carboxylic acids is 2. The number of benzene rings is 1. The van der Waals surface area contributed by atoms with Gasteiger partial charge in [0.2, 0.25) is 0 Å². The average molecular weight is 326 g/mol. The fourth-order valence-corrected chi connectivity index (χ4v) is 1.79. The van der Waals surface area contributed by atoms with E-state index >= 15 is 0 Å². The number of alkyl carbamates (subject to hydrolysis) is 1. The smallest absolute Gasteiger partial charge is 0.408 e. The third-order valence-corrected chi connectivity index (χ3v) is 3.02. The highest BCUT2D eigenvalue weighted by atomic mass is 19.1. The molecule has 1 aromatic carbocycles. The molecule has 0 saturated heterocycles. The zero-order chi connectivity index (χ0) is 17.8. The van der Waals surface area contributed by atoms with Gasteiger partial charge in [0.1, 0.15) is 11.4 Å². The topological polar surface area (TPSA) is 67.9 Å². The molecule has 1 atom stereocenters. The third kappa shape index (κ3) is 5.52. The summed E-state index contributed by atoms with van der Waals surface area (Å²) in [5, 5.41) is 3.55. The monoisotopic (exact) mass is 326 g/mol. The van der Waals surface area contributed by atoms with Gasteiger partial charge in [-0.1, -0.05) is 6.07 Å². The number of halogens is 1. The number of hydroxylamine groups is 2. The molecule has 1 N–H and O–H groups in total. The fraction of sp³-hybridized carbons (Fsp3) is 0.500. The van der Waals surface area contributed by atoms with Crippen molar-refractivity contribution >= 4 is 12.0 Å². The lowest BCUT2D eigenvalue weighted by Crippen LogP contribution is -2.34. The van der Waals surface area contributed by atoms with Crippen molar-refractivity contribution in [2.45, 2.75) is 39.3 Å². The molecule has 23 heavy (non-hydrogen) atoms. The first-order valence-electron chi connectivity index (χ1n) is 7.16. The molecule has 0 radical (unpaired) electrons. The van der Waals surface area contributed by atoms with Gasteiger partial charge in [-0.25, -0.2) is 14.2 Å². The summed E-state index contributed by atoms with van der Waals surface area (Å²) in [5.41, 5.74) is -0.205. The maximum Gasteiger partial charge on any atom is 0.408 e. The van der Waals surface area contributed by atoms with Crippen LogP contribution in [0.1, 0.15) is 49.7 Å². The van der Waals surface area contributed by atoms with Crippen LogP contribution in [0, 0.1) is 5.82 Å². The largest absolute Gasteiger partial charge is 0.444 e. The van der Waals surface area contributed by atoms with E-state index in [1.165, 1.54) is 26.3 Å². The molecule has 0 fully saturated rings. The Bertz CT molecular complexity index is 584. The van der Waals surface area contributed by atoms with Gasteiger partial charge in [-0.15, -0.1) is 0 Å². The second-order valence-corrected chi connectivity index (χ2v) is 6.09. The van der Waals surface area contributed by atoms with Gasteiger partial charge in [0.05, 0.1) is 18.7 Å². The first-order chi connectivity index (χ1) is 10.5. The number of amides is 2. The summed E-state index contributed by atoms with van der Waals surface area (Å²) < 4.78 is 19.3. The first kappa shape index (κ1) is 18.9. The van der Waals surface area contributed by atoms with E-state index in [4.69, 9.17) is 9.57 Å². The molecule has 0 heterocycles. The SMILES string of the molecule is CON(C)C(=O)c1ccc(C(C)NC(=O)OC(C)(C)C)cc1F. The molecule has 0 aliphatic rings. The van der Waals surface area contributed by atoms with E-state index in [1.807, 2.05) is 0 Å². The van der Waals surface area contributed by atoms with Gasteiger partial charge in [0.15, 0.2) is 0 Å². The Hall–Kier alpha value is -2.15. The number of hydrogen-bond acceptors (Lipinski definition) is 4. The number of nitrogens with one attached hydrogen (secondary N) is 1. The maximum atomic E-state index is 14.1. The van der Waals surface area contributed by atoms with Crippen molar-refractivity contribution in [3.63, 3.8) is 0 Å². The van der Waals surface area contributed by atoms with E-state index in [0.29, 0.717) is 5.56 Å². The molecule has 0 aromatic heterocycles. The van der Waals surface area contributed by atoms with E-state index < -0.39 is 29.5 Å². The van der Waals surface area contributed by atoms with E-state index in [0.717, 1.165) is 5.06 Å². The van der Waals surface area contributed by atoms with Crippen molar-refractivity contribution in [2.75, 3.05) is 14.2 Å². The maximum absolute atomic E-state index is 14.1. The van der Waals surface area contributed by atoms with Crippen LogP contribution in [0.15, 0.2) is 18.2 Å². The second kappa shape index (κ2) is 7.41. The molecule has 128 valence electrons. The number of ether oxygens (including phenoxy) is 1. The van der Waals surface area contributed by atoms with Crippen molar-refractivity contribution < 1.29 is 23.6 Å². The molecule has 7 heteroatoms. The van der Waals surface area contributed by atoms with Crippen LogP contribution < -0.4 is 5.32 Å². The minimum absolute atomic E-state index is 0.109. The highest BCUT2D eigenvalue weighted by Gasteiger charge is 2.20. The van der Waals surface area contributed by atoms with Gasteiger partial charge in [-0.3, -0.25) is 9.63 Å². The summed E-state index contributed by atoms with van der Waals surface area (Å²) in [6, 6.07) is 3.67. The van der Waals surface area contributed by atoms with Crippen molar-refractivity contribution in [2.24, 2.45) is 0 Å². The van der Waals surface area contributed by atoms with Gasteiger partial charge in [-0.05, 0) is 45.4 Å². The molecule has 0 bridgehead atoms. The lowest BCUT2D eigenvalue weighted by atomic mass is 10.1. The first-order valence-corrected chi connectivity index (χ1v) is 7.16. The third-order valence-electron chi connectivity index (χ3n) is 3.02. The predicted molar refractivity (Wildman–Crippen MR) is 83.3 cm³/mol. The van der Waals surface area contributed by atoms with Crippen LogP contribution >= 0.6 is 0 Å². The van der Waals surface area contributed by atoms with E-state index in [9.17, 15) is 14.0 Å². The van der Waals surface area contributed by atoms with Crippen molar-refractivity contribution in [1.82, 2.24) is 10.4 Å². The van der Waals surface area contributed by atoms with Crippen LogP contribution in [0.2, 0.25) is 0 Å². The van der Waals surface area contributed by atoms with Gasteiger partial charge in [-0.2, -0.15) is 0 Å². The molecule has 0 aliphatic carbocycles. The summed E-state index contributed by atoms with van der Waals surface area (Å²) in [4.78, 5) is 28.4. The summed E-state index contributed by atoms with van der Waals surface area (Å²) in [5.74, 6) is -1.28. The minimum Gasteiger partial charge on any atom is -0.444 e. The van der Waals surface area contributed by atoms with E-state index in [2.05, 4.69) is 5.32 Å². The zero-order valence-corrected chi connectivity index (χ0v) is 14.3. The van der Waals surface area contributed by atoms with Gasteiger partial charge < -0.3 is 10.1 Å². The van der Waals surface area contributed by atoms with Gasteiger partial charge in [0, 0.05) is 7.05 Å². The van der Waals surface area contributed by atoms with Crippen LogP contribution in [0.4, 0.5) is 9.18 Å². The predicted octanol–water partition coefficient (Wildman–Crippen LogP) is 3.04. The Morgan fingerprint density at radius 3 is 2.39 bits per heavy atom. The molecule has 1 rings (SSSR count). The van der Waals surface area contributed by atoms with E-state index in [1.54, 1.807) is 33.8 Å². The number of rotatable bonds is 4. The molecule has 1 aromatic rings. The minimum atomic E-state index is -0.686. The highest BCUT2D eigenvalue weighted by Crippen LogP contribution is 2.19. The molecule has 0 spiro atoms. The molecule has 6 nitrogen and oxygen atoms in total. The fourth-order valence-electron chi connectivity index (χ4n) is 1.79. The Morgan fingerprint density at radius 2 is 1.91 bits per heavy atom. The molecule has 2 amide bonds. The standard InChI is InChI=1S/C16H23FN2O4/c1-10(18-15(21)23-16(2,3)4)11-7-8-12(13(17)9-11)14(20)19(5)22-6/h7-10H,1-6H3,(H,18,21). The molecule has 1 unspecified atom stereocenters. The van der Waals surface area contributed by atoms with Crippen LogP contribution in [0.5, 0.6) is 0 Å². The number of hydrogen-bond donors (Lipinski definition) is 1. The Morgan fingerprint density at radius 1 is 1.30 bits per heavy atom. The summed E-state index contributed by atoms with van der Waals surface area (Å²) in [6.07, 6.45) is -0.593. The molecule has 0 saturated carbocycles. The lowest BCUT2D eigenvalue weighted by molar-refractivity contribution is -0.0759. The van der Waals surface area contributed by atoms with Crippen molar-refractivity contribution in [3.8, 4) is 0 Å². The Balaban J connectivity index is 2.84. The Labute approximate surface area is 135 Å². The van der Waals surface area contributed by atoms with Crippen molar-refractivity contribution in [3.05, 3.63) is 35.1 Å². The average Bonchev–Trinajstić information content (AvgIpc) is 2.43. The normalized spacial score (nSPS) is 12.5. The summed E-state index contributed by atoms with van der Waals surface area (Å²) in [7, 11) is 2.71. The number of nitrogens with zero attached hydrogens (tertiary/aromatic N) is 1. The molecule has 0 aliphatic heterocycles. The van der Waals surface area contributed by atoms with Crippen LogP contribution in [0.25, 0.3) is 0 Å². The van der Waals surface area contributed by atoms with Crippen LogP contribution in [-0.4, -0.2) is 36.8 Å². The highest BCUT2D eigenvalue weighted by molar-refractivity contribution is 5.93. The molecular weight excluding hydrogens is 303 g/mol. The molecular formula is C16H23FN2O4. The van der Waals surface area contributed by atoms with E-state index in [-0.39, 0.29) is 5.56 Å². The second-order valence-electron chi connectivity index (χ2n) is 6.09. The lowest BCUT2D eigenvalue weighted by Gasteiger charge is -2.22. The summed E-state index contributed by atoms with van der Waals surface area (Å²) >= 11 is 0. The zero-order valence-electron chi connectivity index (χ0n) is 14.3. The summed E-state index contributed by atoms with van der Waals surface area (Å²) in [6.45, 7) is 6.96. The van der Waals surface area contributed by atoms with Crippen LogP contribution in [0.3, 0.4) is 0 Å². The van der Waals surface area contributed by atoms with Crippen LogP contribution in [-0.2, 0) is 9.57 Å². The Kier molecular flexibility index (Phi) is 6.09. The van der Waals surface area contributed by atoms with Gasteiger partial charge >= 0.3 is 6.09 Å². The quantitative estimate of drug-likeness (QED) is 0.864. The number of carbonyl (C=O) groups is 2. The van der Waals surface area contributed by atoms with Gasteiger partial charge in [0.25, 0.3) is 5.91 Å². The van der Waals surface area contributed by atoms with Crippen molar-refractivity contribution in [1.29, 1.82) is 0 Å².